The Morgan fingerprint density at radius 2 is 2.12 bits per heavy atom. The summed E-state index contributed by atoms with van der Waals surface area (Å²) >= 11 is 1.41. The van der Waals surface area contributed by atoms with Gasteiger partial charge >= 0.3 is 0 Å². The number of rotatable bonds is 3. The fraction of sp³-hybridized carbons (Fsp3) is 0.727. The van der Waals surface area contributed by atoms with Crippen LogP contribution in [0.25, 0.3) is 0 Å². The fourth-order valence-corrected chi connectivity index (χ4v) is 3.17. The summed E-state index contributed by atoms with van der Waals surface area (Å²) in [5.41, 5.74) is 6.24. The number of likely N-dealkylation sites (N-methyl/N-ethyl adjacent to an activating group) is 1. The van der Waals surface area contributed by atoms with E-state index in [9.17, 15) is 5.11 Å². The second-order valence-corrected chi connectivity index (χ2v) is 5.54. The summed E-state index contributed by atoms with van der Waals surface area (Å²) in [5.74, 6) is 0.602. The van der Waals surface area contributed by atoms with Gasteiger partial charge in [0, 0.05) is 19.2 Å². The molecule has 3 N–H and O–H groups in total. The van der Waals surface area contributed by atoms with E-state index in [4.69, 9.17) is 5.73 Å². The number of hydrogen-bond acceptors (Lipinski definition) is 5. The van der Waals surface area contributed by atoms with Crippen LogP contribution in [0.2, 0.25) is 0 Å². The van der Waals surface area contributed by atoms with Crippen molar-refractivity contribution in [2.75, 3.05) is 24.2 Å². The Hall–Kier alpha value is -0.810. The van der Waals surface area contributed by atoms with E-state index in [1.807, 2.05) is 14.0 Å². The number of nitrogen functional groups attached to an aromatic ring is 1. The number of aliphatic hydroxyl groups is 1. The van der Waals surface area contributed by atoms with Crippen LogP contribution in [0.1, 0.15) is 31.2 Å². The monoisotopic (exact) mass is 241 g/mol. The third-order valence-corrected chi connectivity index (χ3v) is 4.43. The van der Waals surface area contributed by atoms with Crippen molar-refractivity contribution in [2.24, 2.45) is 0 Å². The molecule has 4 nitrogen and oxygen atoms in total. The van der Waals surface area contributed by atoms with Gasteiger partial charge in [0.25, 0.3) is 0 Å². The molecule has 0 saturated heterocycles. The highest BCUT2D eigenvalue weighted by molar-refractivity contribution is 7.10. The van der Waals surface area contributed by atoms with Crippen molar-refractivity contribution < 1.29 is 5.11 Å². The fourth-order valence-electron chi connectivity index (χ4n) is 2.40. The van der Waals surface area contributed by atoms with Gasteiger partial charge in [0.1, 0.15) is 10.8 Å². The Balaban J connectivity index is 2.08. The highest BCUT2D eigenvalue weighted by Gasteiger charge is 2.33. The van der Waals surface area contributed by atoms with Crippen LogP contribution in [0.5, 0.6) is 0 Å². The molecule has 1 saturated carbocycles. The molecule has 16 heavy (non-hydrogen) atoms. The van der Waals surface area contributed by atoms with Crippen molar-refractivity contribution in [1.82, 2.24) is 4.37 Å². The third kappa shape index (κ3) is 2.15. The maximum Gasteiger partial charge on any atom is 0.142 e. The van der Waals surface area contributed by atoms with Gasteiger partial charge in [0.2, 0.25) is 0 Å². The number of nitrogens with two attached hydrogens (primary N) is 1. The number of hydrogen-bond donors (Lipinski definition) is 2. The molecule has 0 aromatic carbocycles. The van der Waals surface area contributed by atoms with Crippen molar-refractivity contribution in [2.45, 2.75) is 38.2 Å². The molecule has 5 heteroatoms. The summed E-state index contributed by atoms with van der Waals surface area (Å²) in [7, 11) is 2.00. The Morgan fingerprint density at radius 3 is 2.62 bits per heavy atom. The molecular formula is C11H19N3OS. The molecule has 0 amide bonds. The highest BCUT2D eigenvalue weighted by Crippen LogP contribution is 2.34. The lowest BCUT2D eigenvalue weighted by Gasteiger charge is -2.29. The molecular weight excluding hydrogens is 222 g/mol. The predicted octanol–water partition coefficient (Wildman–Crippen LogP) is 1.78. The average Bonchev–Trinajstić information content (AvgIpc) is 2.76. The summed E-state index contributed by atoms with van der Waals surface area (Å²) in [5, 5.41) is 11.4. The molecule has 2 rings (SSSR count). The van der Waals surface area contributed by atoms with Crippen molar-refractivity contribution in [3.8, 4) is 0 Å². The lowest BCUT2D eigenvalue weighted by molar-refractivity contribution is 0.0560. The SMILES string of the molecule is Cc1c(N)nsc1N(C)CC1(O)CCCC1. The van der Waals surface area contributed by atoms with Crippen LogP contribution in [0.3, 0.4) is 0 Å². The van der Waals surface area contributed by atoms with Crippen molar-refractivity contribution in [3.63, 3.8) is 0 Å². The summed E-state index contributed by atoms with van der Waals surface area (Å²) < 4.78 is 4.13. The van der Waals surface area contributed by atoms with Crippen LogP contribution < -0.4 is 10.6 Å². The maximum absolute atomic E-state index is 10.3. The van der Waals surface area contributed by atoms with Crippen molar-refractivity contribution >= 4 is 22.4 Å². The predicted molar refractivity (Wildman–Crippen MR) is 68.0 cm³/mol. The van der Waals surface area contributed by atoms with E-state index in [1.165, 1.54) is 11.5 Å². The second-order valence-electron chi connectivity index (χ2n) is 4.79. The van der Waals surface area contributed by atoms with Crippen LogP contribution in [-0.2, 0) is 0 Å². The normalized spacial score (nSPS) is 18.9. The molecule has 0 bridgehead atoms. The molecule has 1 aromatic rings. The van der Waals surface area contributed by atoms with E-state index in [0.717, 1.165) is 36.2 Å². The van der Waals surface area contributed by atoms with E-state index in [2.05, 4.69) is 9.27 Å². The summed E-state index contributed by atoms with van der Waals surface area (Å²) in [4.78, 5) is 2.08. The quantitative estimate of drug-likeness (QED) is 0.846. The molecule has 0 radical (unpaired) electrons. The Kier molecular flexibility index (Phi) is 3.08. The molecule has 0 unspecified atom stereocenters. The van der Waals surface area contributed by atoms with Crippen LogP contribution >= 0.6 is 11.5 Å². The minimum absolute atomic E-state index is 0.514. The van der Waals surface area contributed by atoms with Crippen molar-refractivity contribution in [1.29, 1.82) is 0 Å². The van der Waals surface area contributed by atoms with E-state index in [-0.39, 0.29) is 0 Å². The second kappa shape index (κ2) is 4.22. The molecule has 1 aliphatic carbocycles. The first-order chi connectivity index (χ1) is 7.52. The van der Waals surface area contributed by atoms with Crippen LogP contribution in [-0.4, -0.2) is 28.7 Å². The standard InChI is InChI=1S/C11H19N3OS/c1-8-9(12)13-16-10(8)14(2)7-11(15)5-3-4-6-11/h15H,3-7H2,1-2H3,(H2,12,13). The van der Waals surface area contributed by atoms with Gasteiger partial charge in [-0.1, -0.05) is 12.8 Å². The molecule has 0 atom stereocenters. The number of nitrogens with zero attached hydrogens (tertiary/aromatic N) is 2. The van der Waals surface area contributed by atoms with Crippen molar-refractivity contribution in [3.05, 3.63) is 5.56 Å². The van der Waals surface area contributed by atoms with Gasteiger partial charge in [-0.05, 0) is 31.3 Å². The molecule has 0 spiro atoms. The molecule has 0 aliphatic heterocycles. The summed E-state index contributed by atoms with van der Waals surface area (Å²) in [6.45, 7) is 2.65. The van der Waals surface area contributed by atoms with E-state index < -0.39 is 5.60 Å². The summed E-state index contributed by atoms with van der Waals surface area (Å²) in [6.07, 6.45) is 4.08. The van der Waals surface area contributed by atoms with E-state index >= 15 is 0 Å². The Bertz CT molecular complexity index is 371. The first-order valence-corrected chi connectivity index (χ1v) is 6.44. The molecule has 1 aliphatic rings. The minimum Gasteiger partial charge on any atom is -0.388 e. The van der Waals surface area contributed by atoms with Crippen LogP contribution in [0, 0.1) is 6.92 Å². The topological polar surface area (TPSA) is 62.4 Å². The van der Waals surface area contributed by atoms with Crippen LogP contribution in [0.15, 0.2) is 0 Å². The van der Waals surface area contributed by atoms with E-state index in [0.29, 0.717) is 12.4 Å². The van der Waals surface area contributed by atoms with Gasteiger partial charge in [-0.15, -0.1) is 0 Å². The molecule has 1 fully saturated rings. The Labute approximate surface area is 100 Å². The first kappa shape index (κ1) is 11.7. The highest BCUT2D eigenvalue weighted by atomic mass is 32.1. The van der Waals surface area contributed by atoms with Crippen LogP contribution in [0.4, 0.5) is 10.8 Å². The lowest BCUT2D eigenvalue weighted by atomic mass is 10.0. The lowest BCUT2D eigenvalue weighted by Crippen LogP contribution is -2.39. The zero-order valence-electron chi connectivity index (χ0n) is 9.86. The summed E-state index contributed by atoms with van der Waals surface area (Å²) in [6, 6.07) is 0. The van der Waals surface area contributed by atoms with Gasteiger partial charge in [-0.2, -0.15) is 4.37 Å². The average molecular weight is 241 g/mol. The third-order valence-electron chi connectivity index (χ3n) is 3.35. The smallest absolute Gasteiger partial charge is 0.142 e. The molecule has 90 valence electrons. The first-order valence-electron chi connectivity index (χ1n) is 5.67. The molecule has 1 aromatic heterocycles. The van der Waals surface area contributed by atoms with Gasteiger partial charge in [0.05, 0.1) is 5.60 Å². The van der Waals surface area contributed by atoms with Gasteiger partial charge in [-0.25, -0.2) is 0 Å². The van der Waals surface area contributed by atoms with Gasteiger partial charge in [-0.3, -0.25) is 0 Å². The largest absolute Gasteiger partial charge is 0.388 e. The minimum atomic E-state index is -0.514. The zero-order chi connectivity index (χ0) is 11.8. The van der Waals surface area contributed by atoms with Gasteiger partial charge in [0.15, 0.2) is 0 Å². The number of aromatic nitrogens is 1. The molecule has 1 heterocycles. The van der Waals surface area contributed by atoms with E-state index in [1.54, 1.807) is 0 Å². The Morgan fingerprint density at radius 1 is 1.50 bits per heavy atom. The number of anilines is 2. The zero-order valence-corrected chi connectivity index (χ0v) is 10.7. The van der Waals surface area contributed by atoms with Gasteiger partial charge < -0.3 is 15.7 Å². The maximum atomic E-state index is 10.3.